The summed E-state index contributed by atoms with van der Waals surface area (Å²) in [5, 5.41) is 4.31. The Kier molecular flexibility index (Phi) is 4.11. The third-order valence-corrected chi connectivity index (χ3v) is 3.20. The van der Waals surface area contributed by atoms with Crippen LogP contribution in [0.15, 0.2) is 16.8 Å². The SMILES string of the molecule is CCC(C)(N)CN(C)Cc1ccsc1. The Morgan fingerprint density at radius 3 is 2.79 bits per heavy atom. The van der Waals surface area contributed by atoms with Crippen LogP contribution in [0.3, 0.4) is 0 Å². The van der Waals surface area contributed by atoms with Crippen molar-refractivity contribution in [2.75, 3.05) is 13.6 Å². The van der Waals surface area contributed by atoms with Crippen molar-refractivity contribution < 1.29 is 0 Å². The first-order chi connectivity index (χ1) is 6.53. The van der Waals surface area contributed by atoms with Gasteiger partial charge in [-0.1, -0.05) is 6.92 Å². The van der Waals surface area contributed by atoms with Gasteiger partial charge in [-0.3, -0.25) is 0 Å². The molecule has 0 aliphatic carbocycles. The molecule has 2 nitrogen and oxygen atoms in total. The van der Waals surface area contributed by atoms with E-state index in [0.717, 1.165) is 19.5 Å². The van der Waals surface area contributed by atoms with Crippen LogP contribution < -0.4 is 5.73 Å². The molecule has 1 atom stereocenters. The van der Waals surface area contributed by atoms with Crippen molar-refractivity contribution in [1.29, 1.82) is 0 Å². The zero-order chi connectivity index (χ0) is 10.6. The summed E-state index contributed by atoms with van der Waals surface area (Å²) in [5.41, 5.74) is 7.42. The Bertz CT molecular complexity index is 254. The molecule has 0 aliphatic rings. The fraction of sp³-hybridized carbons (Fsp3) is 0.636. The number of likely N-dealkylation sites (N-methyl/N-ethyl adjacent to an activating group) is 1. The second-order valence-electron chi connectivity index (χ2n) is 4.31. The zero-order valence-electron chi connectivity index (χ0n) is 9.29. The summed E-state index contributed by atoms with van der Waals surface area (Å²) in [6.07, 6.45) is 1.01. The Morgan fingerprint density at radius 2 is 2.29 bits per heavy atom. The third kappa shape index (κ3) is 3.78. The number of hydrogen-bond acceptors (Lipinski definition) is 3. The molecular formula is C11H20N2S. The van der Waals surface area contributed by atoms with Crippen LogP contribution in [0.1, 0.15) is 25.8 Å². The predicted molar refractivity (Wildman–Crippen MR) is 63.5 cm³/mol. The van der Waals surface area contributed by atoms with Crippen molar-refractivity contribution in [2.24, 2.45) is 5.73 Å². The molecule has 0 aromatic carbocycles. The van der Waals surface area contributed by atoms with Crippen LogP contribution in [-0.2, 0) is 6.54 Å². The molecule has 3 heteroatoms. The molecular weight excluding hydrogens is 192 g/mol. The molecule has 1 aromatic rings. The molecule has 1 unspecified atom stereocenters. The van der Waals surface area contributed by atoms with Gasteiger partial charge in [-0.25, -0.2) is 0 Å². The van der Waals surface area contributed by atoms with Crippen molar-refractivity contribution in [3.8, 4) is 0 Å². The normalized spacial score (nSPS) is 15.8. The average molecular weight is 212 g/mol. The lowest BCUT2D eigenvalue weighted by Crippen LogP contribution is -2.45. The maximum atomic E-state index is 6.11. The first-order valence-electron chi connectivity index (χ1n) is 5.02. The lowest BCUT2D eigenvalue weighted by molar-refractivity contribution is 0.247. The van der Waals surface area contributed by atoms with E-state index in [-0.39, 0.29) is 5.54 Å². The summed E-state index contributed by atoms with van der Waals surface area (Å²) >= 11 is 1.75. The highest BCUT2D eigenvalue weighted by Crippen LogP contribution is 2.11. The molecule has 0 spiro atoms. The molecule has 2 N–H and O–H groups in total. The highest BCUT2D eigenvalue weighted by molar-refractivity contribution is 7.07. The predicted octanol–water partition coefficient (Wildman–Crippen LogP) is 2.31. The van der Waals surface area contributed by atoms with E-state index >= 15 is 0 Å². The number of nitrogens with two attached hydrogens (primary N) is 1. The van der Waals surface area contributed by atoms with Crippen LogP contribution in [0.25, 0.3) is 0 Å². The van der Waals surface area contributed by atoms with E-state index < -0.39 is 0 Å². The summed E-state index contributed by atoms with van der Waals surface area (Å²) in [6, 6.07) is 2.17. The van der Waals surface area contributed by atoms with Gasteiger partial charge in [0.05, 0.1) is 0 Å². The van der Waals surface area contributed by atoms with Gasteiger partial charge in [0, 0.05) is 18.6 Å². The van der Waals surface area contributed by atoms with E-state index in [4.69, 9.17) is 5.73 Å². The molecule has 0 saturated carbocycles. The molecule has 80 valence electrons. The largest absolute Gasteiger partial charge is 0.324 e. The van der Waals surface area contributed by atoms with Crippen LogP contribution in [0.4, 0.5) is 0 Å². The number of rotatable bonds is 5. The van der Waals surface area contributed by atoms with Crippen molar-refractivity contribution in [3.05, 3.63) is 22.4 Å². The quantitative estimate of drug-likeness (QED) is 0.811. The van der Waals surface area contributed by atoms with E-state index in [9.17, 15) is 0 Å². The third-order valence-electron chi connectivity index (χ3n) is 2.47. The van der Waals surface area contributed by atoms with Crippen LogP contribution in [0.5, 0.6) is 0 Å². The van der Waals surface area contributed by atoms with Crippen molar-refractivity contribution in [3.63, 3.8) is 0 Å². The van der Waals surface area contributed by atoms with Gasteiger partial charge in [0.15, 0.2) is 0 Å². The highest BCUT2D eigenvalue weighted by Gasteiger charge is 2.17. The molecule has 0 aliphatic heterocycles. The van der Waals surface area contributed by atoms with Gasteiger partial charge in [0.2, 0.25) is 0 Å². The van der Waals surface area contributed by atoms with Gasteiger partial charge >= 0.3 is 0 Å². The van der Waals surface area contributed by atoms with Crippen LogP contribution >= 0.6 is 11.3 Å². The van der Waals surface area contributed by atoms with Gasteiger partial charge in [0.1, 0.15) is 0 Å². The molecule has 0 saturated heterocycles. The lowest BCUT2D eigenvalue weighted by atomic mass is 10.00. The Labute approximate surface area is 90.7 Å². The second-order valence-corrected chi connectivity index (χ2v) is 5.09. The average Bonchev–Trinajstić information content (AvgIpc) is 2.55. The van der Waals surface area contributed by atoms with E-state index in [1.54, 1.807) is 11.3 Å². The summed E-state index contributed by atoms with van der Waals surface area (Å²) in [7, 11) is 2.12. The van der Waals surface area contributed by atoms with Gasteiger partial charge in [0.25, 0.3) is 0 Å². The van der Waals surface area contributed by atoms with E-state index in [1.807, 2.05) is 0 Å². The molecule has 1 rings (SSSR count). The first kappa shape index (κ1) is 11.7. The van der Waals surface area contributed by atoms with Crippen LogP contribution in [-0.4, -0.2) is 24.0 Å². The summed E-state index contributed by atoms with van der Waals surface area (Å²) in [5.74, 6) is 0. The summed E-state index contributed by atoms with van der Waals surface area (Å²) in [4.78, 5) is 2.28. The van der Waals surface area contributed by atoms with Crippen molar-refractivity contribution in [1.82, 2.24) is 4.90 Å². The minimum absolute atomic E-state index is 0.0647. The Morgan fingerprint density at radius 1 is 1.57 bits per heavy atom. The van der Waals surface area contributed by atoms with Crippen molar-refractivity contribution in [2.45, 2.75) is 32.4 Å². The molecule has 1 aromatic heterocycles. The molecule has 0 amide bonds. The van der Waals surface area contributed by atoms with E-state index in [1.165, 1.54) is 5.56 Å². The molecule has 1 heterocycles. The summed E-state index contributed by atoms with van der Waals surface area (Å²) < 4.78 is 0. The fourth-order valence-corrected chi connectivity index (χ4v) is 2.14. The fourth-order valence-electron chi connectivity index (χ4n) is 1.48. The maximum Gasteiger partial charge on any atom is 0.0252 e. The maximum absolute atomic E-state index is 6.11. The minimum Gasteiger partial charge on any atom is -0.324 e. The van der Waals surface area contributed by atoms with Gasteiger partial charge < -0.3 is 10.6 Å². The van der Waals surface area contributed by atoms with Crippen LogP contribution in [0, 0.1) is 0 Å². The topological polar surface area (TPSA) is 29.3 Å². The minimum atomic E-state index is -0.0647. The van der Waals surface area contributed by atoms with Gasteiger partial charge in [-0.05, 0) is 42.8 Å². The molecule has 0 bridgehead atoms. The monoisotopic (exact) mass is 212 g/mol. The molecule has 0 fully saturated rings. The highest BCUT2D eigenvalue weighted by atomic mass is 32.1. The van der Waals surface area contributed by atoms with E-state index in [0.29, 0.717) is 0 Å². The first-order valence-corrected chi connectivity index (χ1v) is 5.96. The Balaban J connectivity index is 2.40. The Hall–Kier alpha value is -0.380. The number of hydrogen-bond donors (Lipinski definition) is 1. The van der Waals surface area contributed by atoms with Gasteiger partial charge in [-0.2, -0.15) is 11.3 Å². The zero-order valence-corrected chi connectivity index (χ0v) is 10.1. The second kappa shape index (κ2) is 4.91. The lowest BCUT2D eigenvalue weighted by Gasteiger charge is -2.28. The van der Waals surface area contributed by atoms with Gasteiger partial charge in [-0.15, -0.1) is 0 Å². The smallest absolute Gasteiger partial charge is 0.0252 e. The standard InChI is InChI=1S/C11H20N2S/c1-4-11(2,12)9-13(3)7-10-5-6-14-8-10/h5-6,8H,4,7,9,12H2,1-3H3. The summed E-state index contributed by atoms with van der Waals surface area (Å²) in [6.45, 7) is 6.19. The molecule has 0 radical (unpaired) electrons. The van der Waals surface area contributed by atoms with Crippen LogP contribution in [0.2, 0.25) is 0 Å². The number of thiophene rings is 1. The van der Waals surface area contributed by atoms with Crippen molar-refractivity contribution >= 4 is 11.3 Å². The molecule has 14 heavy (non-hydrogen) atoms. The number of nitrogens with zero attached hydrogens (tertiary/aromatic N) is 1. The van der Waals surface area contributed by atoms with E-state index in [2.05, 4.69) is 42.6 Å².